The van der Waals surface area contributed by atoms with Gasteiger partial charge in [-0.1, -0.05) is 39.5 Å². The van der Waals surface area contributed by atoms with Gasteiger partial charge in [0.05, 0.1) is 10.2 Å². The number of rotatable bonds is 4. The quantitative estimate of drug-likeness (QED) is 0.425. The molecule has 0 spiro atoms. The van der Waals surface area contributed by atoms with Crippen molar-refractivity contribution < 1.29 is 4.74 Å². The minimum absolute atomic E-state index is 0.192. The van der Waals surface area contributed by atoms with Gasteiger partial charge in [-0.3, -0.25) is 4.99 Å². The fraction of sp³-hybridized carbons (Fsp3) is 0.118. The van der Waals surface area contributed by atoms with Gasteiger partial charge >= 0.3 is 0 Å². The molecule has 5 heteroatoms. The molecule has 22 heavy (non-hydrogen) atoms. The van der Waals surface area contributed by atoms with E-state index in [4.69, 9.17) is 22.8 Å². The maximum atomic E-state index is 6.11. The third kappa shape index (κ3) is 4.36. The summed E-state index contributed by atoms with van der Waals surface area (Å²) < 4.78 is 7.30. The van der Waals surface area contributed by atoms with Crippen molar-refractivity contribution in [1.82, 2.24) is 0 Å². The Kier molecular flexibility index (Phi) is 6.07. The number of hydrogen-bond acceptors (Lipinski definition) is 2. The molecule has 0 atom stereocenters. The summed E-state index contributed by atoms with van der Waals surface area (Å²) in [6.45, 7) is 2.14. The van der Waals surface area contributed by atoms with Gasteiger partial charge in [0.1, 0.15) is 12.4 Å². The van der Waals surface area contributed by atoms with Gasteiger partial charge in [-0.15, -0.1) is 6.42 Å². The molecule has 2 aromatic rings. The number of ether oxygens (including phenoxy) is 1. The molecule has 0 bridgehead atoms. The maximum absolute atomic E-state index is 6.11. The van der Waals surface area contributed by atoms with Crippen LogP contribution in [-0.4, -0.2) is 12.8 Å². The predicted molar refractivity (Wildman–Crippen MR) is 99.6 cm³/mol. The highest BCUT2D eigenvalue weighted by Gasteiger charge is 2.08. The van der Waals surface area contributed by atoms with Crippen LogP contribution in [0.15, 0.2) is 44.3 Å². The topological polar surface area (TPSA) is 21.6 Å². The van der Waals surface area contributed by atoms with Crippen molar-refractivity contribution in [2.45, 2.75) is 6.92 Å². The molecule has 0 fully saturated rings. The van der Waals surface area contributed by atoms with Crippen molar-refractivity contribution in [3.63, 3.8) is 0 Å². The SMILES string of the molecule is C#CCOc1c(Br)cc(Br)cc1C=Nc1ccc(C)c(Cl)c1. The molecule has 0 aliphatic carbocycles. The van der Waals surface area contributed by atoms with Gasteiger partial charge in [0.15, 0.2) is 0 Å². The van der Waals surface area contributed by atoms with Gasteiger partial charge in [-0.2, -0.15) is 0 Å². The summed E-state index contributed by atoms with van der Waals surface area (Å²) in [5, 5.41) is 0.689. The van der Waals surface area contributed by atoms with Crippen LogP contribution in [0.3, 0.4) is 0 Å². The molecule has 0 unspecified atom stereocenters. The number of nitrogens with zero attached hydrogens (tertiary/aromatic N) is 1. The van der Waals surface area contributed by atoms with Crippen LogP contribution in [0.5, 0.6) is 5.75 Å². The van der Waals surface area contributed by atoms with E-state index in [1.54, 1.807) is 6.21 Å². The van der Waals surface area contributed by atoms with Crippen LogP contribution in [-0.2, 0) is 0 Å². The first-order valence-electron chi connectivity index (χ1n) is 6.37. The van der Waals surface area contributed by atoms with E-state index in [1.807, 2.05) is 37.3 Å². The smallest absolute Gasteiger partial charge is 0.148 e. The molecule has 0 radical (unpaired) electrons. The Morgan fingerprint density at radius 3 is 2.77 bits per heavy atom. The Morgan fingerprint density at radius 1 is 1.32 bits per heavy atom. The van der Waals surface area contributed by atoms with Gasteiger partial charge in [0.25, 0.3) is 0 Å². The molecule has 2 rings (SSSR count). The van der Waals surface area contributed by atoms with Crippen LogP contribution in [0.1, 0.15) is 11.1 Å². The fourth-order valence-electron chi connectivity index (χ4n) is 1.75. The molecule has 0 heterocycles. The van der Waals surface area contributed by atoms with Crippen molar-refractivity contribution in [2.24, 2.45) is 4.99 Å². The van der Waals surface area contributed by atoms with Gasteiger partial charge in [0, 0.05) is 21.3 Å². The first-order chi connectivity index (χ1) is 10.5. The van der Waals surface area contributed by atoms with Crippen molar-refractivity contribution in [3.05, 3.63) is 55.4 Å². The van der Waals surface area contributed by atoms with E-state index in [0.717, 1.165) is 25.8 Å². The number of halogens is 3. The summed E-state index contributed by atoms with van der Waals surface area (Å²) in [4.78, 5) is 4.45. The van der Waals surface area contributed by atoms with E-state index in [0.29, 0.717) is 10.8 Å². The lowest BCUT2D eigenvalue weighted by Crippen LogP contribution is -1.98. The molecule has 0 amide bonds. The summed E-state index contributed by atoms with van der Waals surface area (Å²) in [6, 6.07) is 9.47. The minimum Gasteiger partial charge on any atom is -0.479 e. The highest BCUT2D eigenvalue weighted by molar-refractivity contribution is 9.11. The first kappa shape index (κ1) is 17.1. The van der Waals surface area contributed by atoms with Crippen molar-refractivity contribution >= 4 is 55.4 Å². The highest BCUT2D eigenvalue weighted by Crippen LogP contribution is 2.32. The lowest BCUT2D eigenvalue weighted by molar-refractivity contribution is 0.367. The Bertz CT molecular complexity index is 766. The predicted octanol–water partition coefficient (Wildman–Crippen LogP) is 5.94. The van der Waals surface area contributed by atoms with Gasteiger partial charge < -0.3 is 4.74 Å². The molecular weight excluding hydrogens is 429 g/mol. The Balaban J connectivity index is 2.36. The maximum Gasteiger partial charge on any atom is 0.148 e. The second kappa shape index (κ2) is 7.82. The lowest BCUT2D eigenvalue weighted by Gasteiger charge is -2.09. The highest BCUT2D eigenvalue weighted by atomic mass is 79.9. The number of benzene rings is 2. The zero-order chi connectivity index (χ0) is 16.1. The van der Waals surface area contributed by atoms with Crippen molar-refractivity contribution in [3.8, 4) is 18.1 Å². The fourth-order valence-corrected chi connectivity index (χ4v) is 3.30. The Hall–Kier alpha value is -1.28. The van der Waals surface area contributed by atoms with E-state index >= 15 is 0 Å². The van der Waals surface area contributed by atoms with Crippen LogP contribution in [0.25, 0.3) is 0 Å². The molecule has 0 saturated carbocycles. The first-order valence-corrected chi connectivity index (χ1v) is 8.33. The number of aryl methyl sites for hydroxylation is 1. The Morgan fingerprint density at radius 2 is 2.09 bits per heavy atom. The third-order valence-electron chi connectivity index (χ3n) is 2.85. The third-order valence-corrected chi connectivity index (χ3v) is 4.30. The van der Waals surface area contributed by atoms with E-state index in [2.05, 4.69) is 42.8 Å². The molecule has 112 valence electrons. The monoisotopic (exact) mass is 439 g/mol. The summed E-state index contributed by atoms with van der Waals surface area (Å²) in [6.07, 6.45) is 6.98. The zero-order valence-corrected chi connectivity index (χ0v) is 15.7. The molecule has 0 aliphatic rings. The molecule has 0 N–H and O–H groups in total. The van der Waals surface area contributed by atoms with Gasteiger partial charge in [0.2, 0.25) is 0 Å². The average Bonchev–Trinajstić information content (AvgIpc) is 2.47. The van der Waals surface area contributed by atoms with Crippen LogP contribution in [0.4, 0.5) is 5.69 Å². The number of hydrogen-bond donors (Lipinski definition) is 0. The summed E-state index contributed by atoms with van der Waals surface area (Å²) in [5.74, 6) is 3.11. The van der Waals surface area contributed by atoms with Gasteiger partial charge in [-0.25, -0.2) is 0 Å². The van der Waals surface area contributed by atoms with Gasteiger partial charge in [-0.05, 0) is 52.7 Å². The normalized spacial score (nSPS) is 10.7. The van der Waals surface area contributed by atoms with E-state index in [1.165, 1.54) is 0 Å². The molecule has 0 saturated heterocycles. The number of terminal acetylenes is 1. The summed E-state index contributed by atoms with van der Waals surface area (Å²) >= 11 is 13.0. The van der Waals surface area contributed by atoms with Crippen molar-refractivity contribution in [2.75, 3.05) is 6.61 Å². The van der Waals surface area contributed by atoms with Crippen LogP contribution < -0.4 is 4.74 Å². The Labute approximate surface area is 151 Å². The summed E-state index contributed by atoms with van der Waals surface area (Å²) in [7, 11) is 0. The molecule has 2 aromatic carbocycles. The van der Waals surface area contributed by atoms with E-state index in [9.17, 15) is 0 Å². The second-order valence-corrected chi connectivity index (χ2v) is 6.67. The summed E-state index contributed by atoms with van der Waals surface area (Å²) in [5.41, 5.74) is 2.60. The van der Waals surface area contributed by atoms with Crippen LogP contribution >= 0.6 is 43.5 Å². The second-order valence-electron chi connectivity index (χ2n) is 4.49. The molecule has 2 nitrogen and oxygen atoms in total. The van der Waals surface area contributed by atoms with Crippen LogP contribution in [0, 0.1) is 19.3 Å². The van der Waals surface area contributed by atoms with E-state index in [-0.39, 0.29) is 6.61 Å². The zero-order valence-electron chi connectivity index (χ0n) is 11.7. The molecule has 0 aromatic heterocycles. The standard InChI is InChI=1S/C17H12Br2ClNO/c1-3-6-22-17-12(7-13(18)8-15(17)19)10-21-14-5-4-11(2)16(20)9-14/h1,4-5,7-10H,6H2,2H3. The molecule has 0 aliphatic heterocycles. The largest absolute Gasteiger partial charge is 0.479 e. The van der Waals surface area contributed by atoms with E-state index < -0.39 is 0 Å². The minimum atomic E-state index is 0.192. The average molecular weight is 442 g/mol. The van der Waals surface area contributed by atoms with Crippen LogP contribution in [0.2, 0.25) is 5.02 Å². The number of aliphatic imine (C=N–C) groups is 1. The molecular formula is C17H12Br2ClNO. The lowest BCUT2D eigenvalue weighted by atomic mass is 10.2. The van der Waals surface area contributed by atoms with Crippen molar-refractivity contribution in [1.29, 1.82) is 0 Å².